The fourth-order valence-corrected chi connectivity index (χ4v) is 11.0. The van der Waals surface area contributed by atoms with E-state index in [0.29, 0.717) is 0 Å². The van der Waals surface area contributed by atoms with E-state index < -0.39 is 6.60 Å². The number of nitro groups is 1. The number of nitrogens with zero attached hydrogens (tertiary/aromatic N) is 3. The number of anilines is 1. The first-order valence-corrected chi connectivity index (χ1v) is 14.7. The van der Waals surface area contributed by atoms with Gasteiger partial charge in [0.05, 0.1) is 0 Å². The van der Waals surface area contributed by atoms with Gasteiger partial charge in [-0.15, -0.1) is 0 Å². The second kappa shape index (κ2) is 9.07. The fraction of sp³-hybridized carbons (Fsp3) is 0.296. The second-order valence-electron chi connectivity index (χ2n) is 8.94. The first kappa shape index (κ1) is 23.1. The number of nitro benzene ring substituents is 1. The van der Waals surface area contributed by atoms with Crippen molar-refractivity contribution in [2.24, 2.45) is 5.10 Å². The van der Waals surface area contributed by atoms with Gasteiger partial charge in [0.2, 0.25) is 0 Å². The van der Waals surface area contributed by atoms with Gasteiger partial charge in [0.1, 0.15) is 0 Å². The molecular formula is C27H32N3O2P. The Hall–Kier alpha value is -3.04. The van der Waals surface area contributed by atoms with Gasteiger partial charge in [-0.3, -0.25) is 0 Å². The van der Waals surface area contributed by atoms with Gasteiger partial charge in [-0.1, -0.05) is 0 Å². The van der Waals surface area contributed by atoms with Gasteiger partial charge in [0, 0.05) is 0 Å². The van der Waals surface area contributed by atoms with Crippen molar-refractivity contribution in [3.05, 3.63) is 106 Å². The molecule has 0 saturated carbocycles. The molecule has 0 N–H and O–H groups in total. The van der Waals surface area contributed by atoms with Gasteiger partial charge in [-0.25, -0.2) is 0 Å². The van der Waals surface area contributed by atoms with Crippen LogP contribution in [-0.4, -0.2) is 35.0 Å². The minimum atomic E-state index is -2.46. The zero-order valence-corrected chi connectivity index (χ0v) is 20.5. The zero-order chi connectivity index (χ0) is 23.5. The molecule has 0 radical (unpaired) electrons. The van der Waals surface area contributed by atoms with Gasteiger partial charge in [0.25, 0.3) is 0 Å². The normalized spacial score (nSPS) is 20.3. The summed E-state index contributed by atoms with van der Waals surface area (Å²) in [6.45, 7) is 4.48. The summed E-state index contributed by atoms with van der Waals surface area (Å²) in [5, 5.41) is 18.9. The van der Waals surface area contributed by atoms with Crippen LogP contribution >= 0.6 is 6.60 Å². The average Bonchev–Trinajstić information content (AvgIpc) is 2.89. The number of para-hydroxylation sites is 1. The van der Waals surface area contributed by atoms with E-state index in [1.807, 2.05) is 30.3 Å². The van der Waals surface area contributed by atoms with E-state index >= 15 is 0 Å². The quantitative estimate of drug-likeness (QED) is 0.214. The Morgan fingerprint density at radius 1 is 0.879 bits per heavy atom. The van der Waals surface area contributed by atoms with Crippen LogP contribution in [0.15, 0.2) is 90.0 Å². The average molecular weight is 462 g/mol. The zero-order valence-electron chi connectivity index (χ0n) is 19.6. The number of hydrogen-bond acceptors (Lipinski definition) is 4. The number of hydrogen-bond donors (Lipinski definition) is 0. The summed E-state index contributed by atoms with van der Waals surface area (Å²) in [4.78, 5) is 10.9. The van der Waals surface area contributed by atoms with Gasteiger partial charge >= 0.3 is 196 Å². The monoisotopic (exact) mass is 461 g/mol. The van der Waals surface area contributed by atoms with E-state index in [1.165, 1.54) is 5.56 Å². The van der Waals surface area contributed by atoms with Crippen LogP contribution in [-0.2, 0) is 0 Å². The van der Waals surface area contributed by atoms with Crippen LogP contribution in [0.4, 0.5) is 11.4 Å². The first-order chi connectivity index (χ1) is 16.0. The summed E-state index contributed by atoms with van der Waals surface area (Å²) in [7, 11) is 0. The van der Waals surface area contributed by atoms with Crippen LogP contribution < -0.4 is 5.01 Å². The maximum absolute atomic E-state index is 11.3. The van der Waals surface area contributed by atoms with Gasteiger partial charge in [-0.2, -0.15) is 0 Å². The molecule has 3 aromatic rings. The molecule has 0 unspecified atom stereocenters. The van der Waals surface area contributed by atoms with Crippen LogP contribution in [0.3, 0.4) is 0 Å². The Labute approximate surface area is 196 Å². The molecule has 172 valence electrons. The number of rotatable bonds is 7. The van der Waals surface area contributed by atoms with Crippen LogP contribution in [0.1, 0.15) is 37.9 Å². The van der Waals surface area contributed by atoms with E-state index in [4.69, 9.17) is 5.10 Å². The predicted molar refractivity (Wildman–Crippen MR) is 141 cm³/mol. The van der Waals surface area contributed by atoms with Crippen molar-refractivity contribution in [1.29, 1.82) is 0 Å². The van der Waals surface area contributed by atoms with Crippen molar-refractivity contribution in [3.63, 3.8) is 0 Å². The van der Waals surface area contributed by atoms with Gasteiger partial charge in [0.15, 0.2) is 0 Å². The molecule has 0 spiro atoms. The fourth-order valence-electron chi connectivity index (χ4n) is 5.32. The summed E-state index contributed by atoms with van der Waals surface area (Å²) in [6, 6.07) is 28.2. The van der Waals surface area contributed by atoms with Crippen molar-refractivity contribution in [3.8, 4) is 0 Å². The van der Waals surface area contributed by atoms with Crippen molar-refractivity contribution in [2.75, 3.05) is 29.7 Å². The molecule has 5 nitrogen and oxygen atoms in total. The first-order valence-electron chi connectivity index (χ1n) is 11.7. The van der Waals surface area contributed by atoms with Crippen molar-refractivity contribution in [1.82, 2.24) is 0 Å². The molecule has 0 aromatic heterocycles. The molecule has 1 heterocycles. The summed E-state index contributed by atoms with van der Waals surface area (Å²) < 4.78 is 0. The molecular weight excluding hydrogens is 429 g/mol. The van der Waals surface area contributed by atoms with E-state index in [-0.39, 0.29) is 16.7 Å². The molecule has 0 aliphatic carbocycles. The summed E-state index contributed by atoms with van der Waals surface area (Å²) in [5.41, 5.74) is 4.61. The summed E-state index contributed by atoms with van der Waals surface area (Å²) in [6.07, 6.45) is 4.25. The standard InChI is InChI=1S/C27H32N3O2P/c1-4-33(5-2,6-3)21-26(22-13-9-7-10-14-22)29(24-15-11-8-12-16-24)28-27(33)23-17-19-25(20-18-23)30(31)32/h7-20,26H,4-6,21H2,1-3H3/t26-/m1/s1. The molecule has 1 atom stereocenters. The van der Waals surface area contributed by atoms with E-state index in [2.05, 4.69) is 68.2 Å². The van der Waals surface area contributed by atoms with Crippen molar-refractivity contribution in [2.45, 2.75) is 26.8 Å². The van der Waals surface area contributed by atoms with Crippen LogP contribution in [0.5, 0.6) is 0 Å². The molecule has 4 rings (SSSR count). The molecule has 33 heavy (non-hydrogen) atoms. The number of benzene rings is 3. The molecule has 1 aliphatic heterocycles. The van der Waals surface area contributed by atoms with Crippen molar-refractivity contribution >= 4 is 23.4 Å². The second-order valence-corrected chi connectivity index (χ2v) is 15.6. The Kier molecular flexibility index (Phi) is 6.36. The van der Waals surface area contributed by atoms with E-state index in [0.717, 1.165) is 41.4 Å². The molecule has 6 heteroatoms. The molecule has 0 bridgehead atoms. The van der Waals surface area contributed by atoms with Gasteiger partial charge < -0.3 is 0 Å². The van der Waals surface area contributed by atoms with Crippen LogP contribution in [0.2, 0.25) is 0 Å². The number of non-ortho nitro benzene ring substituents is 1. The van der Waals surface area contributed by atoms with E-state index in [9.17, 15) is 10.1 Å². The van der Waals surface area contributed by atoms with E-state index in [1.54, 1.807) is 12.1 Å². The Morgan fingerprint density at radius 3 is 1.94 bits per heavy atom. The Bertz CT molecular complexity index is 1130. The Balaban J connectivity index is 1.98. The molecule has 1 aliphatic rings. The molecule has 0 amide bonds. The van der Waals surface area contributed by atoms with Gasteiger partial charge in [-0.05, 0) is 0 Å². The minimum absolute atomic E-state index is 0.113. The SMILES string of the molecule is CCP1(CC)(CC)C[C@H](c2ccccc2)N(c2ccccc2)N=C1c1ccc([N+](=O)[O-])cc1. The summed E-state index contributed by atoms with van der Waals surface area (Å²) >= 11 is 0. The summed E-state index contributed by atoms with van der Waals surface area (Å²) in [5.74, 6) is 0. The third-order valence-corrected chi connectivity index (χ3v) is 15.6. The molecule has 0 fully saturated rings. The van der Waals surface area contributed by atoms with Crippen LogP contribution in [0.25, 0.3) is 0 Å². The number of hydrazone groups is 1. The maximum atomic E-state index is 11.3. The van der Waals surface area contributed by atoms with Crippen LogP contribution in [0, 0.1) is 10.1 Å². The predicted octanol–water partition coefficient (Wildman–Crippen LogP) is 7.13. The Morgan fingerprint density at radius 2 is 1.42 bits per heavy atom. The third-order valence-electron chi connectivity index (χ3n) is 7.78. The third kappa shape index (κ3) is 3.95. The molecule has 0 saturated heterocycles. The molecule has 3 aromatic carbocycles. The topological polar surface area (TPSA) is 58.7 Å². The van der Waals surface area contributed by atoms with Crippen molar-refractivity contribution < 1.29 is 4.92 Å².